The van der Waals surface area contributed by atoms with E-state index in [4.69, 9.17) is 14.3 Å². The van der Waals surface area contributed by atoms with E-state index in [-0.39, 0.29) is 18.0 Å². The van der Waals surface area contributed by atoms with Crippen molar-refractivity contribution in [2.75, 3.05) is 13.6 Å². The monoisotopic (exact) mass is 325 g/mol. The second kappa shape index (κ2) is 8.25. The van der Waals surface area contributed by atoms with Crippen LogP contribution >= 0.6 is 0 Å². The number of carbonyl (C=O) groups is 3. The van der Waals surface area contributed by atoms with Gasteiger partial charge < -0.3 is 19.4 Å². The molecule has 0 aliphatic heterocycles. The molecular formula is C15H19NO7. The van der Waals surface area contributed by atoms with E-state index in [1.54, 1.807) is 0 Å². The van der Waals surface area contributed by atoms with Gasteiger partial charge in [-0.2, -0.15) is 0 Å². The molecule has 0 spiro atoms. The summed E-state index contributed by atoms with van der Waals surface area (Å²) in [5, 5.41) is 11.3. The zero-order valence-electron chi connectivity index (χ0n) is 13.4. The Labute approximate surface area is 133 Å². The number of hydrogen-bond donors (Lipinski definition) is 1. The maximum Gasteiger partial charge on any atom is 0.322 e. The SMILES string of the molecule is CC(=O)Oc1ccc([C@H](O)CN(C)OC(C)=O)cc1OC(C)=O. The first kappa shape index (κ1) is 18.6. The van der Waals surface area contributed by atoms with Gasteiger partial charge in [-0.1, -0.05) is 6.07 Å². The van der Waals surface area contributed by atoms with Gasteiger partial charge in [-0.3, -0.25) is 14.4 Å². The molecule has 23 heavy (non-hydrogen) atoms. The normalized spacial score (nSPS) is 11.7. The Morgan fingerprint density at radius 1 is 1.04 bits per heavy atom. The number of ether oxygens (including phenoxy) is 2. The fourth-order valence-corrected chi connectivity index (χ4v) is 1.81. The highest BCUT2D eigenvalue weighted by Crippen LogP contribution is 2.31. The lowest BCUT2D eigenvalue weighted by molar-refractivity contribution is -0.185. The van der Waals surface area contributed by atoms with Crippen LogP contribution in [0.1, 0.15) is 32.4 Å². The van der Waals surface area contributed by atoms with E-state index in [1.807, 2.05) is 0 Å². The minimum atomic E-state index is -1.01. The Kier molecular flexibility index (Phi) is 6.67. The topological polar surface area (TPSA) is 102 Å². The summed E-state index contributed by atoms with van der Waals surface area (Å²) in [7, 11) is 1.49. The van der Waals surface area contributed by atoms with Crippen molar-refractivity contribution in [2.45, 2.75) is 26.9 Å². The van der Waals surface area contributed by atoms with Crippen molar-refractivity contribution in [3.63, 3.8) is 0 Å². The number of esters is 2. The number of carbonyl (C=O) groups excluding carboxylic acids is 3. The first-order valence-corrected chi connectivity index (χ1v) is 6.77. The van der Waals surface area contributed by atoms with Crippen molar-refractivity contribution in [1.29, 1.82) is 0 Å². The van der Waals surface area contributed by atoms with E-state index >= 15 is 0 Å². The molecule has 1 aromatic rings. The van der Waals surface area contributed by atoms with Crippen LogP contribution in [0.3, 0.4) is 0 Å². The van der Waals surface area contributed by atoms with Gasteiger partial charge in [0.15, 0.2) is 11.5 Å². The number of benzene rings is 1. The molecule has 0 bridgehead atoms. The van der Waals surface area contributed by atoms with Crippen LogP contribution in [0.4, 0.5) is 0 Å². The smallest absolute Gasteiger partial charge is 0.322 e. The van der Waals surface area contributed by atoms with Crippen molar-refractivity contribution in [3.8, 4) is 11.5 Å². The third-order valence-electron chi connectivity index (χ3n) is 2.57. The highest BCUT2D eigenvalue weighted by molar-refractivity contribution is 5.73. The molecule has 0 radical (unpaired) electrons. The van der Waals surface area contributed by atoms with Crippen LogP contribution in [0.25, 0.3) is 0 Å². The van der Waals surface area contributed by atoms with E-state index in [2.05, 4.69) is 0 Å². The quantitative estimate of drug-likeness (QED) is 0.469. The second-order valence-electron chi connectivity index (χ2n) is 4.80. The minimum absolute atomic E-state index is 0.00596. The molecule has 0 aliphatic carbocycles. The maximum absolute atomic E-state index is 11.1. The molecular weight excluding hydrogens is 306 g/mol. The summed E-state index contributed by atoms with van der Waals surface area (Å²) in [6.45, 7) is 3.67. The molecule has 8 nitrogen and oxygen atoms in total. The van der Waals surface area contributed by atoms with Gasteiger partial charge >= 0.3 is 17.9 Å². The Balaban J connectivity index is 2.96. The molecule has 0 amide bonds. The Bertz CT molecular complexity index is 599. The molecule has 0 fully saturated rings. The van der Waals surface area contributed by atoms with Crippen LogP contribution in [-0.4, -0.2) is 41.7 Å². The summed E-state index contributed by atoms with van der Waals surface area (Å²) >= 11 is 0. The van der Waals surface area contributed by atoms with Gasteiger partial charge in [0.05, 0.1) is 12.6 Å². The van der Waals surface area contributed by atoms with Crippen LogP contribution < -0.4 is 9.47 Å². The Morgan fingerprint density at radius 2 is 1.61 bits per heavy atom. The summed E-state index contributed by atoms with van der Waals surface area (Å²) in [6, 6.07) is 4.30. The number of aliphatic hydroxyl groups is 1. The number of nitrogens with zero attached hydrogens (tertiary/aromatic N) is 1. The molecule has 0 saturated carbocycles. The number of hydroxylamine groups is 2. The molecule has 126 valence electrons. The lowest BCUT2D eigenvalue weighted by Crippen LogP contribution is -2.27. The second-order valence-corrected chi connectivity index (χ2v) is 4.80. The average molecular weight is 325 g/mol. The minimum Gasteiger partial charge on any atom is -0.423 e. The van der Waals surface area contributed by atoms with E-state index in [1.165, 1.54) is 51.1 Å². The maximum atomic E-state index is 11.1. The van der Waals surface area contributed by atoms with Gasteiger partial charge in [-0.15, -0.1) is 5.06 Å². The van der Waals surface area contributed by atoms with Gasteiger partial charge in [0, 0.05) is 27.8 Å². The van der Waals surface area contributed by atoms with Crippen molar-refractivity contribution in [3.05, 3.63) is 23.8 Å². The third kappa shape index (κ3) is 6.45. The first-order valence-electron chi connectivity index (χ1n) is 6.77. The molecule has 1 rings (SSSR count). The summed E-state index contributed by atoms with van der Waals surface area (Å²) < 4.78 is 9.92. The van der Waals surface area contributed by atoms with Crippen molar-refractivity contribution >= 4 is 17.9 Å². The summed E-state index contributed by atoms with van der Waals surface area (Å²) in [5.74, 6) is -1.59. The van der Waals surface area contributed by atoms with Gasteiger partial charge in [0.1, 0.15) is 0 Å². The molecule has 1 N–H and O–H groups in total. The van der Waals surface area contributed by atoms with Crippen molar-refractivity contribution in [2.24, 2.45) is 0 Å². The highest BCUT2D eigenvalue weighted by Gasteiger charge is 2.17. The molecule has 0 saturated heterocycles. The third-order valence-corrected chi connectivity index (χ3v) is 2.57. The van der Waals surface area contributed by atoms with E-state index in [9.17, 15) is 19.5 Å². The summed E-state index contributed by atoms with van der Waals surface area (Å²) in [5.41, 5.74) is 0.399. The Morgan fingerprint density at radius 3 is 2.13 bits per heavy atom. The lowest BCUT2D eigenvalue weighted by atomic mass is 10.1. The van der Waals surface area contributed by atoms with Crippen LogP contribution in [0, 0.1) is 0 Å². The summed E-state index contributed by atoms with van der Waals surface area (Å²) in [4.78, 5) is 37.8. The number of rotatable bonds is 6. The fraction of sp³-hybridized carbons (Fsp3) is 0.400. The molecule has 8 heteroatoms. The van der Waals surface area contributed by atoms with Crippen LogP contribution in [-0.2, 0) is 19.2 Å². The first-order chi connectivity index (χ1) is 10.7. The fourth-order valence-electron chi connectivity index (χ4n) is 1.81. The molecule has 1 aromatic carbocycles. The largest absolute Gasteiger partial charge is 0.423 e. The standard InChI is InChI=1S/C15H19NO7/c1-9(17)21-14-6-5-12(7-15(14)22-10(2)18)13(20)8-16(4)23-11(3)19/h5-7,13,20H,8H2,1-4H3/t13-/m1/s1. The van der Waals surface area contributed by atoms with E-state index in [0.29, 0.717) is 5.56 Å². The molecule has 0 heterocycles. The molecule has 0 aliphatic rings. The van der Waals surface area contributed by atoms with E-state index in [0.717, 1.165) is 0 Å². The predicted octanol–water partition coefficient (Wildman–Crippen LogP) is 0.980. The Hall–Kier alpha value is -2.45. The van der Waals surface area contributed by atoms with Crippen LogP contribution in [0.15, 0.2) is 18.2 Å². The van der Waals surface area contributed by atoms with Gasteiger partial charge in [0.2, 0.25) is 0 Å². The zero-order chi connectivity index (χ0) is 17.6. The van der Waals surface area contributed by atoms with E-state index < -0.39 is 24.0 Å². The lowest BCUT2D eigenvalue weighted by Gasteiger charge is -2.20. The molecule has 1 atom stereocenters. The number of aliphatic hydroxyl groups excluding tert-OH is 1. The number of likely N-dealkylation sites (N-methyl/N-ethyl adjacent to an activating group) is 1. The van der Waals surface area contributed by atoms with Crippen LogP contribution in [0.5, 0.6) is 11.5 Å². The molecule has 0 unspecified atom stereocenters. The predicted molar refractivity (Wildman–Crippen MR) is 78.4 cm³/mol. The average Bonchev–Trinajstić information content (AvgIpc) is 2.38. The van der Waals surface area contributed by atoms with Crippen LogP contribution in [0.2, 0.25) is 0 Å². The summed E-state index contributed by atoms with van der Waals surface area (Å²) in [6.07, 6.45) is -1.01. The van der Waals surface area contributed by atoms with Gasteiger partial charge in [-0.05, 0) is 17.7 Å². The molecule has 0 aromatic heterocycles. The van der Waals surface area contributed by atoms with Crippen molar-refractivity contribution < 1.29 is 33.8 Å². The van der Waals surface area contributed by atoms with Gasteiger partial charge in [-0.25, -0.2) is 0 Å². The highest BCUT2D eigenvalue weighted by atomic mass is 16.7. The van der Waals surface area contributed by atoms with Gasteiger partial charge in [0.25, 0.3) is 0 Å². The zero-order valence-corrected chi connectivity index (χ0v) is 13.4. The number of hydrogen-bond acceptors (Lipinski definition) is 8. The van der Waals surface area contributed by atoms with Crippen molar-refractivity contribution in [1.82, 2.24) is 5.06 Å².